The lowest BCUT2D eigenvalue weighted by molar-refractivity contribution is 0.646. The molecule has 0 aliphatic carbocycles. The minimum absolute atomic E-state index is 1.06. The maximum atomic E-state index is 4.91. The highest BCUT2D eigenvalue weighted by Crippen LogP contribution is 2.26. The first-order valence-corrected chi connectivity index (χ1v) is 9.58. The average Bonchev–Trinajstić information content (AvgIpc) is 2.26. The molecule has 16 heavy (non-hydrogen) atoms. The molecule has 1 aliphatic heterocycles. The van der Waals surface area contributed by atoms with Gasteiger partial charge in [0.1, 0.15) is 8.07 Å². The summed E-state index contributed by atoms with van der Waals surface area (Å²) >= 11 is 0. The summed E-state index contributed by atoms with van der Waals surface area (Å²) in [5.74, 6) is 0. The third kappa shape index (κ3) is 3.06. The molecule has 1 heterocycles. The molecule has 0 amide bonds. The minimum atomic E-state index is -1.42. The highest BCUT2D eigenvalue weighted by Gasteiger charge is 2.33. The van der Waals surface area contributed by atoms with Crippen LogP contribution in [0.25, 0.3) is 0 Å². The van der Waals surface area contributed by atoms with Crippen molar-refractivity contribution in [2.45, 2.75) is 65.0 Å². The van der Waals surface area contributed by atoms with Gasteiger partial charge in [-0.15, -0.1) is 6.58 Å². The van der Waals surface area contributed by atoms with Crippen molar-refractivity contribution in [1.82, 2.24) is 0 Å². The number of nitrogens with zero attached hydrogens (tertiary/aromatic N) is 1. The van der Waals surface area contributed by atoms with Crippen molar-refractivity contribution in [3.05, 3.63) is 11.8 Å². The van der Waals surface area contributed by atoms with Crippen molar-refractivity contribution in [1.29, 1.82) is 0 Å². The van der Waals surface area contributed by atoms with Gasteiger partial charge in [-0.05, 0) is 25.7 Å². The molecule has 1 aliphatic rings. The summed E-state index contributed by atoms with van der Waals surface area (Å²) in [5, 5.41) is 3.05. The average molecular weight is 237 g/mol. The van der Waals surface area contributed by atoms with E-state index in [9.17, 15) is 0 Å². The summed E-state index contributed by atoms with van der Waals surface area (Å²) in [6, 6.07) is 1.28. The second-order valence-corrected chi connectivity index (χ2v) is 9.79. The predicted molar refractivity (Wildman–Crippen MR) is 76.9 cm³/mol. The number of hydrogen-bond donors (Lipinski definition) is 0. The van der Waals surface area contributed by atoms with Gasteiger partial charge in [-0.2, -0.15) is 0 Å². The van der Waals surface area contributed by atoms with Gasteiger partial charge < -0.3 is 0 Å². The quantitative estimate of drug-likeness (QED) is 0.637. The Bertz CT molecular complexity index is 270. The molecule has 0 aromatic rings. The van der Waals surface area contributed by atoms with Gasteiger partial charge >= 0.3 is 0 Å². The largest absolute Gasteiger partial charge is 0.298 e. The first kappa shape index (κ1) is 13.7. The summed E-state index contributed by atoms with van der Waals surface area (Å²) in [4.78, 5) is 4.91. The van der Waals surface area contributed by atoms with Crippen molar-refractivity contribution in [2.24, 2.45) is 4.99 Å². The fourth-order valence-electron chi connectivity index (χ4n) is 2.55. The van der Waals surface area contributed by atoms with Crippen LogP contribution in [0.15, 0.2) is 16.8 Å². The van der Waals surface area contributed by atoms with Crippen LogP contribution >= 0.6 is 0 Å². The zero-order valence-corrected chi connectivity index (χ0v) is 12.3. The predicted octanol–water partition coefficient (Wildman–Crippen LogP) is 4.53. The molecule has 0 spiro atoms. The van der Waals surface area contributed by atoms with E-state index in [1.807, 2.05) is 0 Å². The minimum Gasteiger partial charge on any atom is -0.298 e. The van der Waals surface area contributed by atoms with E-state index in [4.69, 9.17) is 4.99 Å². The van der Waals surface area contributed by atoms with E-state index in [0.717, 1.165) is 13.0 Å². The van der Waals surface area contributed by atoms with Crippen molar-refractivity contribution in [2.75, 3.05) is 6.54 Å². The Labute approximate surface area is 102 Å². The lowest BCUT2D eigenvalue weighted by Crippen LogP contribution is -2.43. The molecular formula is C14H27NSi. The number of hydrogen-bond acceptors (Lipinski definition) is 1. The third-order valence-corrected chi connectivity index (χ3v) is 9.19. The third-order valence-electron chi connectivity index (χ3n) is 4.18. The lowest BCUT2D eigenvalue weighted by atomic mass is 10.1. The van der Waals surface area contributed by atoms with Gasteiger partial charge in [-0.3, -0.25) is 4.99 Å². The Morgan fingerprint density at radius 1 is 1.25 bits per heavy atom. The van der Waals surface area contributed by atoms with Crippen LogP contribution in [0.3, 0.4) is 0 Å². The van der Waals surface area contributed by atoms with E-state index >= 15 is 0 Å². The Balaban J connectivity index is 2.87. The van der Waals surface area contributed by atoms with E-state index in [-0.39, 0.29) is 0 Å². The van der Waals surface area contributed by atoms with Gasteiger partial charge in [0.2, 0.25) is 0 Å². The monoisotopic (exact) mass is 237 g/mol. The van der Waals surface area contributed by atoms with Gasteiger partial charge in [0.05, 0.1) is 0 Å². The van der Waals surface area contributed by atoms with Crippen molar-refractivity contribution < 1.29 is 0 Å². The molecule has 0 N–H and O–H groups in total. The van der Waals surface area contributed by atoms with Crippen molar-refractivity contribution in [3.8, 4) is 0 Å². The maximum absolute atomic E-state index is 4.91. The molecule has 1 rings (SSSR count). The molecule has 0 aromatic heterocycles. The SMILES string of the molecule is C=C(CC)[Si](C)(CC)C1=NCCCCCC1. The number of rotatable bonds is 4. The highest BCUT2D eigenvalue weighted by atomic mass is 28.3. The number of allylic oxidation sites excluding steroid dienone is 1. The Morgan fingerprint density at radius 2 is 1.94 bits per heavy atom. The van der Waals surface area contributed by atoms with Gasteiger partial charge in [-0.25, -0.2) is 0 Å². The smallest absolute Gasteiger partial charge is 0.127 e. The number of aliphatic imine (C=N–C) groups is 1. The van der Waals surface area contributed by atoms with E-state index in [2.05, 4.69) is 27.0 Å². The van der Waals surface area contributed by atoms with Gasteiger partial charge in [0.25, 0.3) is 0 Å². The molecule has 2 heteroatoms. The second kappa shape index (κ2) is 6.38. The summed E-state index contributed by atoms with van der Waals surface area (Å²) in [6.45, 7) is 12.4. The molecule has 1 atom stereocenters. The Kier molecular flexibility index (Phi) is 5.46. The summed E-state index contributed by atoms with van der Waals surface area (Å²) in [6.07, 6.45) is 7.78. The first-order valence-electron chi connectivity index (χ1n) is 6.87. The van der Waals surface area contributed by atoms with Crippen LogP contribution in [-0.4, -0.2) is 20.0 Å². The standard InChI is InChI=1S/C14H27NSi/c1-5-13(3)16(4,6-2)14-11-9-7-8-10-12-15-14/h3,5-12H2,1-2,4H3. The Morgan fingerprint density at radius 3 is 2.56 bits per heavy atom. The molecule has 0 radical (unpaired) electrons. The fraction of sp³-hybridized carbons (Fsp3) is 0.786. The molecule has 0 saturated heterocycles. The topological polar surface area (TPSA) is 12.4 Å². The van der Waals surface area contributed by atoms with Crippen LogP contribution in [0.1, 0.15) is 52.4 Å². The van der Waals surface area contributed by atoms with E-state index in [1.54, 1.807) is 5.33 Å². The van der Waals surface area contributed by atoms with Gasteiger partial charge in [0, 0.05) is 11.9 Å². The molecule has 92 valence electrons. The van der Waals surface area contributed by atoms with E-state index < -0.39 is 8.07 Å². The van der Waals surface area contributed by atoms with E-state index in [1.165, 1.54) is 43.3 Å². The van der Waals surface area contributed by atoms with Crippen LogP contribution in [0.4, 0.5) is 0 Å². The molecule has 1 unspecified atom stereocenters. The summed E-state index contributed by atoms with van der Waals surface area (Å²) < 4.78 is 0. The van der Waals surface area contributed by atoms with E-state index in [0.29, 0.717) is 0 Å². The summed E-state index contributed by atoms with van der Waals surface area (Å²) in [5.41, 5.74) is 0. The van der Waals surface area contributed by atoms with Gasteiger partial charge in [-0.1, -0.05) is 44.5 Å². The molecule has 1 nitrogen and oxygen atoms in total. The summed E-state index contributed by atoms with van der Waals surface area (Å²) in [7, 11) is -1.42. The van der Waals surface area contributed by atoms with Crippen LogP contribution in [0, 0.1) is 0 Å². The van der Waals surface area contributed by atoms with Gasteiger partial charge in [0.15, 0.2) is 0 Å². The molecule has 0 aromatic carbocycles. The second-order valence-electron chi connectivity index (χ2n) is 5.14. The van der Waals surface area contributed by atoms with Crippen LogP contribution in [-0.2, 0) is 0 Å². The van der Waals surface area contributed by atoms with Crippen LogP contribution < -0.4 is 0 Å². The normalized spacial score (nSPS) is 21.6. The van der Waals surface area contributed by atoms with Crippen molar-refractivity contribution in [3.63, 3.8) is 0 Å². The zero-order valence-electron chi connectivity index (χ0n) is 11.3. The Hall–Kier alpha value is -0.373. The first-order chi connectivity index (χ1) is 7.65. The molecule has 0 fully saturated rings. The lowest BCUT2D eigenvalue weighted by Gasteiger charge is -2.31. The van der Waals surface area contributed by atoms with Crippen LogP contribution in [0.5, 0.6) is 0 Å². The highest BCUT2D eigenvalue weighted by molar-refractivity contribution is 7.10. The molecule has 0 saturated carbocycles. The fourth-order valence-corrected chi connectivity index (χ4v) is 5.84. The zero-order chi connectivity index (χ0) is 12.0. The molecule has 0 bridgehead atoms. The van der Waals surface area contributed by atoms with Crippen LogP contribution in [0.2, 0.25) is 12.6 Å². The van der Waals surface area contributed by atoms with Crippen molar-refractivity contribution >= 4 is 13.4 Å². The maximum Gasteiger partial charge on any atom is 0.127 e. The molecular weight excluding hydrogens is 210 g/mol.